The Kier molecular flexibility index (Phi) is 8.11. The van der Waals surface area contributed by atoms with Crippen molar-refractivity contribution in [2.75, 3.05) is 51.8 Å². The summed E-state index contributed by atoms with van der Waals surface area (Å²) in [6.07, 6.45) is 4.02. The average Bonchev–Trinajstić information content (AvgIpc) is 3.54. The molecular weight excluding hydrogens is 482 g/mol. The van der Waals surface area contributed by atoms with E-state index in [1.807, 2.05) is 48.7 Å². The summed E-state index contributed by atoms with van der Waals surface area (Å²) in [5, 5.41) is 13.7. The van der Waals surface area contributed by atoms with E-state index in [1.54, 1.807) is 7.11 Å². The van der Waals surface area contributed by atoms with Crippen molar-refractivity contribution in [1.29, 1.82) is 0 Å². The predicted molar refractivity (Wildman–Crippen MR) is 152 cm³/mol. The van der Waals surface area contributed by atoms with Crippen molar-refractivity contribution in [2.45, 2.75) is 13.5 Å². The van der Waals surface area contributed by atoms with Crippen LogP contribution < -0.4 is 5.32 Å². The second kappa shape index (κ2) is 11.8. The molecule has 1 saturated heterocycles. The number of nitrogens with one attached hydrogen (secondary N) is 2. The van der Waals surface area contributed by atoms with E-state index in [4.69, 9.17) is 4.74 Å². The van der Waals surface area contributed by atoms with Gasteiger partial charge in [0.25, 0.3) is 5.91 Å². The van der Waals surface area contributed by atoms with Crippen LogP contribution in [0.3, 0.4) is 0 Å². The lowest BCUT2D eigenvalue weighted by Gasteiger charge is -2.34. The van der Waals surface area contributed by atoms with Gasteiger partial charge in [-0.2, -0.15) is 5.10 Å². The van der Waals surface area contributed by atoms with Crippen LogP contribution in [0.25, 0.3) is 23.1 Å². The van der Waals surface area contributed by atoms with Gasteiger partial charge in [0, 0.05) is 57.5 Å². The minimum atomic E-state index is -0.0729. The first-order valence-electron chi connectivity index (χ1n) is 12.6. The molecule has 1 amide bonds. The number of aromatic amines is 1. The summed E-state index contributed by atoms with van der Waals surface area (Å²) >= 11 is 1.47. The molecule has 2 N–H and O–H groups in total. The van der Waals surface area contributed by atoms with Crippen molar-refractivity contribution < 1.29 is 9.53 Å². The van der Waals surface area contributed by atoms with Crippen molar-refractivity contribution in [3.8, 4) is 0 Å². The fourth-order valence-corrected chi connectivity index (χ4v) is 5.49. The highest BCUT2D eigenvalue weighted by molar-refractivity contribution is 7.12. The monoisotopic (exact) mass is 515 g/mol. The van der Waals surface area contributed by atoms with Crippen LogP contribution in [-0.4, -0.2) is 72.3 Å². The molecule has 5 rings (SSSR count). The van der Waals surface area contributed by atoms with Crippen molar-refractivity contribution in [3.05, 3.63) is 81.2 Å². The maximum absolute atomic E-state index is 13.1. The molecule has 3 heterocycles. The van der Waals surface area contributed by atoms with E-state index in [0.717, 1.165) is 84.2 Å². The molecule has 0 aliphatic carbocycles. The highest BCUT2D eigenvalue weighted by Gasteiger charge is 2.18. The van der Waals surface area contributed by atoms with Gasteiger partial charge in [-0.05, 0) is 53.3 Å². The van der Waals surface area contributed by atoms with Crippen molar-refractivity contribution in [3.63, 3.8) is 0 Å². The number of carbonyl (C=O) groups excluding carboxylic acids is 1. The number of H-pyrrole nitrogens is 1. The second-order valence-corrected chi connectivity index (χ2v) is 10.3. The van der Waals surface area contributed by atoms with Crippen LogP contribution in [0.4, 0.5) is 5.69 Å². The van der Waals surface area contributed by atoms with Gasteiger partial charge in [0.15, 0.2) is 0 Å². The Hall–Kier alpha value is -3.30. The van der Waals surface area contributed by atoms with Crippen LogP contribution in [0.2, 0.25) is 0 Å². The quantitative estimate of drug-likeness (QED) is 0.324. The first-order valence-corrected chi connectivity index (χ1v) is 13.5. The predicted octanol–water partition coefficient (Wildman–Crippen LogP) is 5.12. The molecule has 192 valence electrons. The van der Waals surface area contributed by atoms with E-state index in [-0.39, 0.29) is 5.91 Å². The summed E-state index contributed by atoms with van der Waals surface area (Å²) in [4.78, 5) is 18.8. The zero-order valence-electron chi connectivity index (χ0n) is 21.4. The van der Waals surface area contributed by atoms with Crippen LogP contribution in [0, 0.1) is 6.92 Å². The molecule has 0 radical (unpaired) electrons. The summed E-state index contributed by atoms with van der Waals surface area (Å²) in [5.74, 6) is -0.0729. The van der Waals surface area contributed by atoms with Gasteiger partial charge in [-0.3, -0.25) is 19.7 Å². The molecule has 8 heteroatoms. The number of piperazine rings is 1. The van der Waals surface area contributed by atoms with E-state index in [0.29, 0.717) is 0 Å². The smallest absolute Gasteiger partial charge is 0.266 e. The number of aromatic nitrogens is 2. The average molecular weight is 516 g/mol. The summed E-state index contributed by atoms with van der Waals surface area (Å²) < 4.78 is 5.22. The van der Waals surface area contributed by atoms with Crippen LogP contribution in [0.1, 0.15) is 32.1 Å². The fraction of sp³-hybridized carbons (Fsp3) is 0.310. The number of hydrogen-bond donors (Lipinski definition) is 2. The number of aryl methyl sites for hydroxylation is 1. The summed E-state index contributed by atoms with van der Waals surface area (Å²) in [7, 11) is 1.75. The van der Waals surface area contributed by atoms with Crippen LogP contribution in [0.5, 0.6) is 0 Å². The third-order valence-corrected chi connectivity index (χ3v) is 7.85. The Morgan fingerprint density at radius 2 is 1.92 bits per heavy atom. The van der Waals surface area contributed by atoms with Crippen LogP contribution in [-0.2, 0) is 11.3 Å². The number of para-hydroxylation sites is 1. The van der Waals surface area contributed by atoms with Gasteiger partial charge >= 0.3 is 0 Å². The minimum Gasteiger partial charge on any atom is -0.383 e. The summed E-state index contributed by atoms with van der Waals surface area (Å²) in [5.41, 5.74) is 5.81. The Balaban J connectivity index is 1.36. The van der Waals surface area contributed by atoms with Crippen molar-refractivity contribution in [1.82, 2.24) is 20.0 Å². The Morgan fingerprint density at radius 1 is 1.11 bits per heavy atom. The Labute approximate surface area is 221 Å². The lowest BCUT2D eigenvalue weighted by atomic mass is 10.1. The zero-order valence-corrected chi connectivity index (χ0v) is 22.2. The molecular formula is C29H33N5O2S. The Bertz CT molecular complexity index is 1380. The lowest BCUT2D eigenvalue weighted by molar-refractivity contribution is 0.0938. The number of carbonyl (C=O) groups is 1. The molecule has 0 spiro atoms. The largest absolute Gasteiger partial charge is 0.383 e. The van der Waals surface area contributed by atoms with E-state index < -0.39 is 0 Å². The number of rotatable bonds is 9. The van der Waals surface area contributed by atoms with Gasteiger partial charge in [0.1, 0.15) is 0 Å². The normalized spacial score (nSPS) is 15.1. The standard InChI is InChI=1S/C29H33N5O2S/c1-21-11-18-37-28(21)29(35)30-27-19-22(20-34-14-12-33(13-15-34)16-17-36-2)7-8-23(27)9-10-26-24-5-3-4-6-25(24)31-32-26/h3-11,18-19H,12-17,20H2,1-2H3,(H,30,35)(H,31,32). The maximum atomic E-state index is 13.1. The number of amides is 1. The van der Waals surface area contributed by atoms with Crippen molar-refractivity contribution in [2.24, 2.45) is 0 Å². The van der Waals surface area contributed by atoms with Crippen molar-refractivity contribution >= 4 is 46.0 Å². The zero-order chi connectivity index (χ0) is 25.6. The molecule has 0 bridgehead atoms. The van der Waals surface area contributed by atoms with E-state index in [9.17, 15) is 4.79 Å². The molecule has 4 aromatic rings. The number of thiophene rings is 1. The Morgan fingerprint density at radius 3 is 2.70 bits per heavy atom. The lowest BCUT2D eigenvalue weighted by Crippen LogP contribution is -2.46. The first kappa shape index (κ1) is 25.4. The van der Waals surface area contributed by atoms with E-state index in [1.165, 1.54) is 16.9 Å². The van der Waals surface area contributed by atoms with Gasteiger partial charge in [-0.25, -0.2) is 0 Å². The highest BCUT2D eigenvalue weighted by atomic mass is 32.1. The molecule has 1 aliphatic heterocycles. The minimum absolute atomic E-state index is 0.0729. The molecule has 7 nitrogen and oxygen atoms in total. The number of anilines is 1. The molecule has 2 aromatic carbocycles. The summed E-state index contributed by atoms with van der Waals surface area (Å²) in [6.45, 7) is 8.71. The number of fused-ring (bicyclic) bond motifs is 1. The van der Waals surface area contributed by atoms with Gasteiger partial charge in [0.05, 0.1) is 22.7 Å². The van der Waals surface area contributed by atoms with E-state index >= 15 is 0 Å². The SMILES string of the molecule is COCCN1CCN(Cc2ccc(C=Cc3n[nH]c4ccccc34)c(NC(=O)c3sccc3C)c2)CC1. The molecule has 1 fully saturated rings. The number of methoxy groups -OCH3 is 1. The molecule has 0 atom stereocenters. The molecule has 0 saturated carbocycles. The van der Waals surface area contributed by atoms with Gasteiger partial charge < -0.3 is 10.1 Å². The van der Waals surface area contributed by atoms with Gasteiger partial charge in [-0.1, -0.05) is 36.4 Å². The molecule has 0 unspecified atom stereocenters. The third kappa shape index (κ3) is 6.17. The second-order valence-electron chi connectivity index (χ2n) is 9.41. The fourth-order valence-electron chi connectivity index (χ4n) is 4.67. The molecule has 1 aliphatic rings. The third-order valence-electron chi connectivity index (χ3n) is 6.84. The highest BCUT2D eigenvalue weighted by Crippen LogP contribution is 2.25. The van der Waals surface area contributed by atoms with Gasteiger partial charge in [-0.15, -0.1) is 11.3 Å². The van der Waals surface area contributed by atoms with E-state index in [2.05, 4.69) is 49.6 Å². The van der Waals surface area contributed by atoms with Crippen LogP contribution in [0.15, 0.2) is 53.9 Å². The number of ether oxygens (including phenoxy) is 1. The molecule has 37 heavy (non-hydrogen) atoms. The summed E-state index contributed by atoms with van der Waals surface area (Å²) in [6, 6.07) is 16.4. The maximum Gasteiger partial charge on any atom is 0.266 e. The molecule has 2 aromatic heterocycles. The van der Waals surface area contributed by atoms with Gasteiger partial charge in [0.2, 0.25) is 0 Å². The first-order chi connectivity index (χ1) is 18.1. The van der Waals surface area contributed by atoms with Crippen LogP contribution >= 0.6 is 11.3 Å². The number of hydrogen-bond acceptors (Lipinski definition) is 6. The number of benzene rings is 2. The topological polar surface area (TPSA) is 73.5 Å². The number of nitrogens with zero attached hydrogens (tertiary/aromatic N) is 3.